The summed E-state index contributed by atoms with van der Waals surface area (Å²) in [6.45, 7) is 5.89. The van der Waals surface area contributed by atoms with Gasteiger partial charge in [0.1, 0.15) is 0 Å². The molecule has 3 heteroatoms. The van der Waals surface area contributed by atoms with E-state index < -0.39 is 0 Å². The van der Waals surface area contributed by atoms with Crippen LogP contribution in [0.15, 0.2) is 0 Å². The Balaban J connectivity index is 1.77. The number of aliphatic hydroxyl groups is 2. The van der Waals surface area contributed by atoms with Crippen molar-refractivity contribution < 1.29 is 10.2 Å². The molecule has 1 saturated heterocycles. The molecule has 1 saturated carbocycles. The van der Waals surface area contributed by atoms with Gasteiger partial charge >= 0.3 is 0 Å². The number of hydrogen-bond acceptors (Lipinski definition) is 3. The van der Waals surface area contributed by atoms with Crippen LogP contribution in [0.4, 0.5) is 0 Å². The quantitative estimate of drug-likeness (QED) is 0.804. The molecule has 3 nitrogen and oxygen atoms in total. The Morgan fingerprint density at radius 3 is 2.42 bits per heavy atom. The highest BCUT2D eigenvalue weighted by Gasteiger charge is 2.31. The first-order valence-electron chi connectivity index (χ1n) is 8.24. The lowest BCUT2D eigenvalue weighted by atomic mass is 9.77. The van der Waals surface area contributed by atoms with Gasteiger partial charge in [0, 0.05) is 13.2 Å². The first kappa shape index (κ1) is 15.3. The van der Waals surface area contributed by atoms with Gasteiger partial charge in [0.25, 0.3) is 0 Å². The van der Waals surface area contributed by atoms with Crippen molar-refractivity contribution in [1.82, 2.24) is 4.90 Å². The van der Waals surface area contributed by atoms with Crippen LogP contribution >= 0.6 is 0 Å². The number of likely N-dealkylation sites (tertiary alicyclic amines) is 1. The number of rotatable bonds is 5. The summed E-state index contributed by atoms with van der Waals surface area (Å²) in [6.07, 6.45) is 8.21. The lowest BCUT2D eigenvalue weighted by molar-refractivity contribution is 0.0169. The van der Waals surface area contributed by atoms with Crippen LogP contribution in [0.3, 0.4) is 0 Å². The number of aliphatic hydroxyl groups excluding tert-OH is 2. The summed E-state index contributed by atoms with van der Waals surface area (Å²) in [6, 6.07) is 0. The Labute approximate surface area is 118 Å². The summed E-state index contributed by atoms with van der Waals surface area (Å²) in [5.41, 5.74) is 0. The van der Waals surface area contributed by atoms with Gasteiger partial charge in [-0.1, -0.05) is 19.8 Å². The van der Waals surface area contributed by atoms with Gasteiger partial charge in [-0.15, -0.1) is 0 Å². The van der Waals surface area contributed by atoms with Crippen LogP contribution in [0, 0.1) is 17.8 Å². The van der Waals surface area contributed by atoms with Crippen molar-refractivity contribution in [1.29, 1.82) is 0 Å². The molecule has 0 aromatic carbocycles. The third kappa shape index (κ3) is 4.44. The molecule has 0 spiro atoms. The van der Waals surface area contributed by atoms with E-state index in [1.807, 2.05) is 0 Å². The Morgan fingerprint density at radius 1 is 1.05 bits per heavy atom. The SMILES string of the molecule is CCCC1CCC(O)C(CN2CCC(CO)CC2)C1. The maximum Gasteiger partial charge on any atom is 0.0580 e. The fourth-order valence-corrected chi connectivity index (χ4v) is 3.90. The molecular formula is C16H31NO2. The smallest absolute Gasteiger partial charge is 0.0580 e. The van der Waals surface area contributed by atoms with Gasteiger partial charge in [0.2, 0.25) is 0 Å². The van der Waals surface area contributed by atoms with Gasteiger partial charge in [-0.25, -0.2) is 0 Å². The molecule has 3 unspecified atom stereocenters. The third-order valence-electron chi connectivity index (χ3n) is 5.21. The van der Waals surface area contributed by atoms with Crippen LogP contribution < -0.4 is 0 Å². The average Bonchev–Trinajstić information content (AvgIpc) is 2.44. The van der Waals surface area contributed by atoms with E-state index in [4.69, 9.17) is 0 Å². The Bertz CT molecular complexity index is 251. The largest absolute Gasteiger partial charge is 0.396 e. The molecule has 3 atom stereocenters. The molecule has 2 aliphatic rings. The monoisotopic (exact) mass is 269 g/mol. The van der Waals surface area contributed by atoms with Crippen LogP contribution in [0.2, 0.25) is 0 Å². The standard InChI is InChI=1S/C16H31NO2/c1-2-3-13-4-5-16(19)15(10-13)11-17-8-6-14(12-18)7-9-17/h13-16,18-19H,2-12H2,1H3. The summed E-state index contributed by atoms with van der Waals surface area (Å²) in [5, 5.41) is 19.4. The van der Waals surface area contributed by atoms with E-state index in [9.17, 15) is 10.2 Å². The zero-order valence-electron chi connectivity index (χ0n) is 12.4. The molecule has 19 heavy (non-hydrogen) atoms. The first-order valence-corrected chi connectivity index (χ1v) is 8.24. The zero-order chi connectivity index (χ0) is 13.7. The van der Waals surface area contributed by atoms with Crippen molar-refractivity contribution in [2.75, 3.05) is 26.2 Å². The molecule has 0 aromatic rings. The Hall–Kier alpha value is -0.120. The molecule has 0 bridgehead atoms. The van der Waals surface area contributed by atoms with Crippen molar-refractivity contribution in [3.63, 3.8) is 0 Å². The van der Waals surface area contributed by atoms with E-state index in [0.29, 0.717) is 18.4 Å². The highest BCUT2D eigenvalue weighted by molar-refractivity contribution is 4.83. The molecule has 1 aliphatic heterocycles. The van der Waals surface area contributed by atoms with Crippen molar-refractivity contribution >= 4 is 0 Å². The predicted molar refractivity (Wildman–Crippen MR) is 78.0 cm³/mol. The first-order chi connectivity index (χ1) is 9.22. The minimum Gasteiger partial charge on any atom is -0.396 e. The Kier molecular flexibility index (Phi) is 6.11. The van der Waals surface area contributed by atoms with Crippen LogP contribution in [-0.2, 0) is 0 Å². The van der Waals surface area contributed by atoms with Crippen molar-refractivity contribution in [2.24, 2.45) is 17.8 Å². The predicted octanol–water partition coefficient (Wildman–Crippen LogP) is 2.27. The second-order valence-electron chi connectivity index (χ2n) is 6.72. The third-order valence-corrected chi connectivity index (χ3v) is 5.21. The van der Waals surface area contributed by atoms with Gasteiger partial charge < -0.3 is 15.1 Å². The molecule has 0 aromatic heterocycles. The topological polar surface area (TPSA) is 43.7 Å². The van der Waals surface area contributed by atoms with Crippen LogP contribution in [0.1, 0.15) is 51.9 Å². The lowest BCUT2D eigenvalue weighted by Gasteiger charge is -2.39. The molecule has 2 rings (SSSR count). The summed E-state index contributed by atoms with van der Waals surface area (Å²) in [4.78, 5) is 2.51. The van der Waals surface area contributed by atoms with Gasteiger partial charge in [0.05, 0.1) is 6.10 Å². The minimum absolute atomic E-state index is 0.0799. The highest BCUT2D eigenvalue weighted by Crippen LogP contribution is 2.33. The van der Waals surface area contributed by atoms with E-state index >= 15 is 0 Å². The second kappa shape index (κ2) is 7.61. The van der Waals surface area contributed by atoms with E-state index in [-0.39, 0.29) is 6.10 Å². The van der Waals surface area contributed by atoms with Crippen LogP contribution in [0.25, 0.3) is 0 Å². The molecule has 2 N–H and O–H groups in total. The van der Waals surface area contributed by atoms with Crippen LogP contribution in [-0.4, -0.2) is 47.5 Å². The fraction of sp³-hybridized carbons (Fsp3) is 1.00. The highest BCUT2D eigenvalue weighted by atomic mass is 16.3. The van der Waals surface area contributed by atoms with E-state index in [1.54, 1.807) is 0 Å². The van der Waals surface area contributed by atoms with Gasteiger partial charge in [-0.2, -0.15) is 0 Å². The maximum absolute atomic E-state index is 10.2. The molecule has 2 fully saturated rings. The van der Waals surface area contributed by atoms with E-state index in [0.717, 1.165) is 44.8 Å². The summed E-state index contributed by atoms with van der Waals surface area (Å²) < 4.78 is 0. The minimum atomic E-state index is -0.0799. The number of piperidine rings is 1. The zero-order valence-corrected chi connectivity index (χ0v) is 12.4. The summed E-state index contributed by atoms with van der Waals surface area (Å²) in [5.74, 6) is 1.84. The summed E-state index contributed by atoms with van der Waals surface area (Å²) in [7, 11) is 0. The molecule has 1 heterocycles. The van der Waals surface area contributed by atoms with Crippen molar-refractivity contribution in [2.45, 2.75) is 58.0 Å². The van der Waals surface area contributed by atoms with Crippen molar-refractivity contribution in [3.05, 3.63) is 0 Å². The summed E-state index contributed by atoms with van der Waals surface area (Å²) >= 11 is 0. The molecular weight excluding hydrogens is 238 g/mol. The van der Waals surface area contributed by atoms with Crippen LogP contribution in [0.5, 0.6) is 0 Å². The van der Waals surface area contributed by atoms with Crippen molar-refractivity contribution in [3.8, 4) is 0 Å². The van der Waals surface area contributed by atoms with Gasteiger partial charge in [-0.05, 0) is 62.9 Å². The van der Waals surface area contributed by atoms with E-state index in [1.165, 1.54) is 25.7 Å². The van der Waals surface area contributed by atoms with Gasteiger partial charge in [-0.3, -0.25) is 0 Å². The average molecular weight is 269 g/mol. The fourth-order valence-electron chi connectivity index (χ4n) is 3.90. The molecule has 0 amide bonds. The lowest BCUT2D eigenvalue weighted by Crippen LogP contribution is -2.42. The maximum atomic E-state index is 10.2. The number of nitrogens with zero attached hydrogens (tertiary/aromatic N) is 1. The van der Waals surface area contributed by atoms with E-state index in [2.05, 4.69) is 11.8 Å². The molecule has 112 valence electrons. The normalized spacial score (nSPS) is 34.6. The van der Waals surface area contributed by atoms with Gasteiger partial charge in [0.15, 0.2) is 0 Å². The molecule has 1 aliphatic carbocycles. The number of hydrogen-bond donors (Lipinski definition) is 2. The molecule has 0 radical (unpaired) electrons. The second-order valence-corrected chi connectivity index (χ2v) is 6.72. The Morgan fingerprint density at radius 2 is 1.79 bits per heavy atom.